The van der Waals surface area contributed by atoms with Gasteiger partial charge in [0.25, 0.3) is 0 Å². The fourth-order valence-corrected chi connectivity index (χ4v) is 3.64. The first-order valence-electron chi connectivity index (χ1n) is 7.31. The molecule has 2 atom stereocenters. The van der Waals surface area contributed by atoms with Gasteiger partial charge < -0.3 is 5.11 Å². The molecule has 2 aromatic carbocycles. The molecule has 1 saturated carbocycles. The van der Waals surface area contributed by atoms with Gasteiger partial charge in [-0.2, -0.15) is 0 Å². The number of fused-ring (bicyclic) bond motifs is 1. The highest BCUT2D eigenvalue weighted by molar-refractivity contribution is 5.86. The molecular formula is C18H20O2. The van der Waals surface area contributed by atoms with Crippen LogP contribution in [-0.2, 0) is 11.2 Å². The van der Waals surface area contributed by atoms with Crippen LogP contribution >= 0.6 is 0 Å². The average molecular weight is 268 g/mol. The molecule has 104 valence electrons. The van der Waals surface area contributed by atoms with Crippen LogP contribution in [0.15, 0.2) is 42.5 Å². The van der Waals surface area contributed by atoms with E-state index < -0.39 is 11.4 Å². The minimum Gasteiger partial charge on any atom is -0.481 e. The van der Waals surface area contributed by atoms with E-state index in [1.807, 2.05) is 18.2 Å². The lowest BCUT2D eigenvalue weighted by Crippen LogP contribution is -2.30. The maximum absolute atomic E-state index is 11.8. The van der Waals surface area contributed by atoms with E-state index in [0.29, 0.717) is 12.3 Å². The molecule has 1 N–H and O–H groups in total. The lowest BCUT2D eigenvalue weighted by atomic mass is 9.78. The lowest BCUT2D eigenvalue weighted by Gasteiger charge is -2.25. The van der Waals surface area contributed by atoms with Crippen molar-refractivity contribution >= 4 is 16.7 Å². The Morgan fingerprint density at radius 2 is 2.00 bits per heavy atom. The molecule has 0 radical (unpaired) electrons. The van der Waals surface area contributed by atoms with Crippen LogP contribution in [0.5, 0.6) is 0 Å². The van der Waals surface area contributed by atoms with Gasteiger partial charge >= 0.3 is 5.97 Å². The summed E-state index contributed by atoms with van der Waals surface area (Å²) in [4.78, 5) is 11.8. The third kappa shape index (κ3) is 2.20. The highest BCUT2D eigenvalue weighted by Crippen LogP contribution is 2.45. The molecule has 1 fully saturated rings. The minimum atomic E-state index is -0.630. The second-order valence-electron chi connectivity index (χ2n) is 6.25. The molecule has 0 aromatic heterocycles. The summed E-state index contributed by atoms with van der Waals surface area (Å²) < 4.78 is 0. The molecule has 0 aliphatic heterocycles. The number of benzene rings is 2. The third-order valence-electron chi connectivity index (χ3n) is 4.72. The van der Waals surface area contributed by atoms with Crippen LogP contribution < -0.4 is 0 Å². The van der Waals surface area contributed by atoms with E-state index in [0.717, 1.165) is 19.3 Å². The summed E-state index contributed by atoms with van der Waals surface area (Å²) in [6, 6.07) is 14.4. The number of hydrogen-bond donors (Lipinski definition) is 1. The molecule has 0 saturated heterocycles. The van der Waals surface area contributed by atoms with Crippen LogP contribution in [0.1, 0.15) is 31.7 Å². The van der Waals surface area contributed by atoms with Gasteiger partial charge in [0.1, 0.15) is 0 Å². The van der Waals surface area contributed by atoms with Crippen LogP contribution in [0.25, 0.3) is 10.8 Å². The first-order chi connectivity index (χ1) is 9.61. The zero-order valence-electron chi connectivity index (χ0n) is 11.8. The van der Waals surface area contributed by atoms with E-state index in [1.54, 1.807) is 0 Å². The smallest absolute Gasteiger partial charge is 0.309 e. The van der Waals surface area contributed by atoms with Crippen molar-refractivity contribution in [3.8, 4) is 0 Å². The predicted octanol–water partition coefficient (Wildman–Crippen LogP) is 4.27. The Hall–Kier alpha value is -1.83. The molecule has 1 aliphatic carbocycles. The van der Waals surface area contributed by atoms with Gasteiger partial charge in [-0.25, -0.2) is 0 Å². The molecule has 2 unspecified atom stereocenters. The van der Waals surface area contributed by atoms with Gasteiger partial charge in [0.2, 0.25) is 0 Å². The highest BCUT2D eigenvalue weighted by atomic mass is 16.4. The normalized spacial score (nSPS) is 25.9. The largest absolute Gasteiger partial charge is 0.481 e. The summed E-state index contributed by atoms with van der Waals surface area (Å²) in [5.41, 5.74) is 0.600. The number of hydrogen-bond acceptors (Lipinski definition) is 1. The Morgan fingerprint density at radius 3 is 2.70 bits per heavy atom. The third-order valence-corrected chi connectivity index (χ3v) is 4.72. The van der Waals surface area contributed by atoms with Gasteiger partial charge in [-0.1, -0.05) is 49.4 Å². The Bertz CT molecular complexity index is 641. The van der Waals surface area contributed by atoms with Crippen LogP contribution in [0, 0.1) is 11.3 Å². The molecule has 1 aliphatic rings. The molecule has 0 spiro atoms. The van der Waals surface area contributed by atoms with Crippen molar-refractivity contribution in [3.63, 3.8) is 0 Å². The Balaban J connectivity index is 2.01. The number of rotatable bonds is 3. The first kappa shape index (κ1) is 13.2. The fourth-order valence-electron chi connectivity index (χ4n) is 3.64. The SMILES string of the molecule is CC1CCC(Cc2cccc3ccccc23)(C(=O)O)C1. The summed E-state index contributed by atoms with van der Waals surface area (Å²) in [6.45, 7) is 2.16. The second kappa shape index (κ2) is 4.93. The van der Waals surface area contributed by atoms with Gasteiger partial charge in [-0.3, -0.25) is 4.79 Å². The maximum Gasteiger partial charge on any atom is 0.309 e. The Morgan fingerprint density at radius 1 is 1.25 bits per heavy atom. The average Bonchev–Trinajstić information content (AvgIpc) is 2.82. The zero-order valence-corrected chi connectivity index (χ0v) is 11.8. The van der Waals surface area contributed by atoms with Crippen molar-refractivity contribution in [2.75, 3.05) is 0 Å². The van der Waals surface area contributed by atoms with Crippen molar-refractivity contribution in [2.45, 2.75) is 32.6 Å². The van der Waals surface area contributed by atoms with Crippen molar-refractivity contribution in [1.82, 2.24) is 0 Å². The summed E-state index contributed by atoms with van der Waals surface area (Å²) in [5.74, 6) is -0.115. The van der Waals surface area contributed by atoms with E-state index in [-0.39, 0.29) is 0 Å². The van der Waals surface area contributed by atoms with E-state index in [4.69, 9.17) is 0 Å². The van der Waals surface area contributed by atoms with Crippen LogP contribution in [0.2, 0.25) is 0 Å². The molecular weight excluding hydrogens is 248 g/mol. The van der Waals surface area contributed by atoms with Crippen molar-refractivity contribution < 1.29 is 9.90 Å². The lowest BCUT2D eigenvalue weighted by molar-refractivity contribution is -0.148. The topological polar surface area (TPSA) is 37.3 Å². The van der Waals surface area contributed by atoms with Gasteiger partial charge in [0.05, 0.1) is 5.41 Å². The van der Waals surface area contributed by atoms with Crippen molar-refractivity contribution in [3.05, 3.63) is 48.0 Å². The Kier molecular flexibility index (Phi) is 3.25. The minimum absolute atomic E-state index is 0.515. The summed E-state index contributed by atoms with van der Waals surface area (Å²) in [5, 5.41) is 12.1. The van der Waals surface area contributed by atoms with Crippen molar-refractivity contribution in [1.29, 1.82) is 0 Å². The van der Waals surface area contributed by atoms with Gasteiger partial charge in [-0.05, 0) is 47.9 Å². The maximum atomic E-state index is 11.8. The molecule has 0 amide bonds. The summed E-state index contributed by atoms with van der Waals surface area (Å²) in [7, 11) is 0. The number of carbonyl (C=O) groups is 1. The summed E-state index contributed by atoms with van der Waals surface area (Å²) in [6.07, 6.45) is 3.27. The number of carboxylic acids is 1. The van der Waals surface area contributed by atoms with Gasteiger partial charge in [-0.15, -0.1) is 0 Å². The molecule has 0 heterocycles. The van der Waals surface area contributed by atoms with E-state index >= 15 is 0 Å². The molecule has 20 heavy (non-hydrogen) atoms. The van der Waals surface area contributed by atoms with E-state index in [2.05, 4.69) is 31.2 Å². The molecule has 2 nitrogen and oxygen atoms in total. The Labute approximate surface area is 119 Å². The second-order valence-corrected chi connectivity index (χ2v) is 6.25. The zero-order chi connectivity index (χ0) is 14.2. The number of carboxylic acid groups (broad SMARTS) is 1. The first-order valence-corrected chi connectivity index (χ1v) is 7.31. The predicted molar refractivity (Wildman–Crippen MR) is 80.7 cm³/mol. The van der Waals surface area contributed by atoms with Crippen molar-refractivity contribution in [2.24, 2.45) is 11.3 Å². The monoisotopic (exact) mass is 268 g/mol. The number of aliphatic carboxylic acids is 1. The standard InChI is InChI=1S/C18H20O2/c1-13-9-10-18(11-13,17(19)20)12-15-7-4-6-14-5-2-3-8-16(14)15/h2-8,13H,9-12H2,1H3,(H,19,20). The van der Waals surface area contributed by atoms with E-state index in [1.165, 1.54) is 16.3 Å². The molecule has 2 heteroatoms. The molecule has 3 rings (SSSR count). The van der Waals surface area contributed by atoms with E-state index in [9.17, 15) is 9.90 Å². The molecule has 2 aromatic rings. The summed E-state index contributed by atoms with van der Waals surface area (Å²) >= 11 is 0. The van der Waals surface area contributed by atoms with Gasteiger partial charge in [0.15, 0.2) is 0 Å². The highest BCUT2D eigenvalue weighted by Gasteiger charge is 2.44. The quantitative estimate of drug-likeness (QED) is 0.902. The molecule has 0 bridgehead atoms. The van der Waals surface area contributed by atoms with Gasteiger partial charge in [0, 0.05) is 0 Å². The fraction of sp³-hybridized carbons (Fsp3) is 0.389. The van der Waals surface area contributed by atoms with Crippen LogP contribution in [-0.4, -0.2) is 11.1 Å². The van der Waals surface area contributed by atoms with Crippen LogP contribution in [0.3, 0.4) is 0 Å². The van der Waals surface area contributed by atoms with Crippen LogP contribution in [0.4, 0.5) is 0 Å².